The third kappa shape index (κ3) is 21.0. The smallest absolute Gasteiger partial charge is 0.419 e. The predicted molar refractivity (Wildman–Crippen MR) is 270 cm³/mol. The summed E-state index contributed by atoms with van der Waals surface area (Å²) in [6, 6.07) is 10.4. The molecule has 0 spiro atoms. The number of nitrogens with two attached hydrogens (primary N) is 1. The van der Waals surface area contributed by atoms with Crippen molar-refractivity contribution >= 4 is 58.9 Å². The number of amides is 5. The Hall–Kier alpha value is -5.81. The lowest BCUT2D eigenvalue weighted by atomic mass is 9.98. The van der Waals surface area contributed by atoms with E-state index in [1.54, 1.807) is 121 Å². The van der Waals surface area contributed by atoms with Crippen molar-refractivity contribution < 1.29 is 47.7 Å². The molecule has 2 aliphatic heterocycles. The lowest BCUT2D eigenvalue weighted by Gasteiger charge is -2.42. The molecule has 4 atom stereocenters. The second-order valence-electron chi connectivity index (χ2n) is 20.7. The summed E-state index contributed by atoms with van der Waals surface area (Å²) >= 11 is 0. The number of carbonyl (C=O) groups excluding carboxylic acids is 5. The number of nitrogens with one attached hydrogen (secondary N) is 4. The fraction of sp³-hybridized carbons (Fsp3) is 0.660. The number of nitrogens with zero attached hydrogens (tertiary/aromatic N) is 3. The van der Waals surface area contributed by atoms with Gasteiger partial charge in [0.25, 0.3) is 0 Å². The number of carbonyl (C=O) groups is 5. The number of rotatable bonds is 9. The quantitative estimate of drug-likeness (QED) is 0.117. The maximum Gasteiger partial charge on any atom is 0.419 e. The molecule has 2 heterocycles. The summed E-state index contributed by atoms with van der Waals surface area (Å²) in [6.45, 7) is 34.0. The Morgan fingerprint density at radius 2 is 0.824 bits per heavy atom. The van der Waals surface area contributed by atoms with Gasteiger partial charge in [0.05, 0.1) is 41.6 Å². The molecule has 0 aromatic heterocycles. The highest BCUT2D eigenvalue weighted by atomic mass is 16.6. The first-order chi connectivity index (χ1) is 31.4. The van der Waals surface area contributed by atoms with Crippen molar-refractivity contribution in [3.05, 3.63) is 42.5 Å². The van der Waals surface area contributed by atoms with Crippen molar-refractivity contribution in [3.8, 4) is 0 Å². The highest BCUT2D eigenvalue weighted by Gasteiger charge is 2.36. The van der Waals surface area contributed by atoms with Crippen LogP contribution in [0, 0.1) is 0 Å². The topological polar surface area (TPSA) is 215 Å². The Bertz CT molecular complexity index is 1770. The van der Waals surface area contributed by atoms with Gasteiger partial charge in [-0.2, -0.15) is 0 Å². The predicted octanol–water partition coefficient (Wildman–Crippen LogP) is 10.00. The van der Waals surface area contributed by atoms with Crippen LogP contribution in [0.25, 0.3) is 0 Å². The highest BCUT2D eigenvalue weighted by Crippen LogP contribution is 2.37. The SMILES string of the molecule is CC.CC.CC(C)OC(=O)N(c1ccc(N)cc1)c1cc(N2CC(NC(=O)OC(C)(C)C)CC(NC(=O)OC(C)(C)C)C2)cc(N2CC(NC(=O)OC(C)(C)C)CC(NC(=O)OC(C)(C)C)C2)c1. The number of piperidine rings is 2. The fourth-order valence-electron chi connectivity index (χ4n) is 7.25. The third-order valence-electron chi connectivity index (χ3n) is 9.33. The molecule has 384 valence electrons. The van der Waals surface area contributed by atoms with Crippen LogP contribution in [0.5, 0.6) is 0 Å². The summed E-state index contributed by atoms with van der Waals surface area (Å²) in [7, 11) is 0. The molecule has 4 rings (SSSR count). The van der Waals surface area contributed by atoms with Gasteiger partial charge in [-0.3, -0.25) is 0 Å². The molecule has 18 heteroatoms. The van der Waals surface area contributed by atoms with Gasteiger partial charge in [0.15, 0.2) is 0 Å². The summed E-state index contributed by atoms with van der Waals surface area (Å²) in [4.78, 5) is 72.4. The van der Waals surface area contributed by atoms with Crippen molar-refractivity contribution in [1.29, 1.82) is 0 Å². The average Bonchev–Trinajstić information content (AvgIpc) is 3.16. The molecule has 2 fully saturated rings. The average molecular weight is 957 g/mol. The molecule has 2 saturated heterocycles. The Morgan fingerprint density at radius 1 is 0.529 bits per heavy atom. The molecule has 5 amide bonds. The minimum Gasteiger partial charge on any atom is -0.446 e. The van der Waals surface area contributed by atoms with E-state index < -0.39 is 83.1 Å². The first-order valence-corrected chi connectivity index (χ1v) is 23.9. The highest BCUT2D eigenvalue weighted by molar-refractivity contribution is 5.97. The normalized spacial score (nSPS) is 18.5. The van der Waals surface area contributed by atoms with Gasteiger partial charge in [-0.25, -0.2) is 28.9 Å². The first-order valence-electron chi connectivity index (χ1n) is 23.9. The Kier molecular flexibility index (Phi) is 21.4. The maximum absolute atomic E-state index is 14.2. The van der Waals surface area contributed by atoms with Gasteiger partial charge in [0.1, 0.15) is 22.4 Å². The Labute approximate surface area is 406 Å². The number of anilines is 5. The van der Waals surface area contributed by atoms with Crippen LogP contribution in [0.4, 0.5) is 52.4 Å². The number of hydrogen-bond acceptors (Lipinski definition) is 13. The first kappa shape index (κ1) is 58.3. The summed E-state index contributed by atoms with van der Waals surface area (Å²) in [5.41, 5.74) is 5.69. The molecular formula is C50H84N8O10. The summed E-state index contributed by atoms with van der Waals surface area (Å²) < 4.78 is 28.3. The molecule has 0 radical (unpaired) electrons. The molecule has 0 bridgehead atoms. The van der Waals surface area contributed by atoms with E-state index in [4.69, 9.17) is 29.4 Å². The van der Waals surface area contributed by atoms with E-state index >= 15 is 0 Å². The summed E-state index contributed by atoms with van der Waals surface area (Å²) in [5, 5.41) is 11.9. The second-order valence-corrected chi connectivity index (χ2v) is 20.7. The van der Waals surface area contributed by atoms with Crippen molar-refractivity contribution in [2.75, 3.05) is 46.6 Å². The molecular weight excluding hydrogens is 873 g/mol. The van der Waals surface area contributed by atoms with Crippen LogP contribution < -0.4 is 41.7 Å². The van der Waals surface area contributed by atoms with Gasteiger partial charge >= 0.3 is 30.5 Å². The third-order valence-corrected chi connectivity index (χ3v) is 9.33. The van der Waals surface area contributed by atoms with E-state index in [0.29, 0.717) is 67.5 Å². The van der Waals surface area contributed by atoms with Crippen LogP contribution in [0.3, 0.4) is 0 Å². The van der Waals surface area contributed by atoms with E-state index in [-0.39, 0.29) is 0 Å². The zero-order valence-electron chi connectivity index (χ0n) is 44.2. The molecule has 68 heavy (non-hydrogen) atoms. The zero-order chi connectivity index (χ0) is 51.9. The molecule has 2 aromatic carbocycles. The van der Waals surface area contributed by atoms with Gasteiger partial charge in [0.2, 0.25) is 0 Å². The van der Waals surface area contributed by atoms with Crippen molar-refractivity contribution in [1.82, 2.24) is 21.3 Å². The fourth-order valence-corrected chi connectivity index (χ4v) is 7.25. The number of benzene rings is 2. The Balaban J connectivity index is 0.00000386. The van der Waals surface area contributed by atoms with E-state index in [1.807, 2.05) is 55.7 Å². The molecule has 0 aliphatic carbocycles. The molecule has 0 saturated carbocycles. The monoisotopic (exact) mass is 957 g/mol. The molecule has 6 N–H and O–H groups in total. The minimum atomic E-state index is -0.757. The van der Waals surface area contributed by atoms with E-state index in [1.165, 1.54) is 4.90 Å². The number of ether oxygens (including phenoxy) is 5. The Morgan fingerprint density at radius 3 is 1.09 bits per heavy atom. The van der Waals surface area contributed by atoms with E-state index in [9.17, 15) is 24.0 Å². The van der Waals surface area contributed by atoms with Crippen LogP contribution in [-0.4, -0.2) is 109 Å². The van der Waals surface area contributed by atoms with Crippen LogP contribution >= 0.6 is 0 Å². The van der Waals surface area contributed by atoms with Crippen LogP contribution in [0.15, 0.2) is 42.5 Å². The minimum absolute atomic E-state index is 0.290. The lowest BCUT2D eigenvalue weighted by molar-refractivity contribution is 0.0452. The lowest BCUT2D eigenvalue weighted by Crippen LogP contribution is -2.58. The molecule has 2 aliphatic rings. The van der Waals surface area contributed by atoms with Crippen LogP contribution in [0.1, 0.15) is 137 Å². The molecule has 4 unspecified atom stereocenters. The van der Waals surface area contributed by atoms with Crippen LogP contribution in [0.2, 0.25) is 0 Å². The van der Waals surface area contributed by atoms with Crippen molar-refractivity contribution in [2.45, 2.75) is 190 Å². The zero-order valence-corrected chi connectivity index (χ0v) is 44.2. The van der Waals surface area contributed by atoms with Gasteiger partial charge in [0, 0.05) is 43.2 Å². The van der Waals surface area contributed by atoms with E-state index in [0.717, 1.165) is 0 Å². The number of nitrogen functional groups attached to an aromatic ring is 1. The molecule has 2 aromatic rings. The summed E-state index contributed by atoms with van der Waals surface area (Å²) in [6.07, 6.45) is -2.85. The second kappa shape index (κ2) is 25.0. The van der Waals surface area contributed by atoms with Gasteiger partial charge < -0.3 is 60.5 Å². The number of alkyl carbamates (subject to hydrolysis) is 4. The van der Waals surface area contributed by atoms with Gasteiger partial charge in [-0.1, -0.05) is 27.7 Å². The van der Waals surface area contributed by atoms with Crippen LogP contribution in [-0.2, 0) is 23.7 Å². The summed E-state index contributed by atoms with van der Waals surface area (Å²) in [5.74, 6) is 0. The van der Waals surface area contributed by atoms with Gasteiger partial charge in [-0.15, -0.1) is 0 Å². The van der Waals surface area contributed by atoms with Gasteiger partial charge in [-0.05, 0) is 152 Å². The number of hydrogen-bond donors (Lipinski definition) is 5. The van der Waals surface area contributed by atoms with E-state index in [2.05, 4.69) is 21.3 Å². The maximum atomic E-state index is 14.2. The van der Waals surface area contributed by atoms with Crippen molar-refractivity contribution in [3.63, 3.8) is 0 Å². The standard InChI is InChI=1S/C46H72N8O10.2C2H6/c1-28(2)60-42(59)54(34-17-15-29(47)16-18-34)37-22-35(52-24-30(48-38(55)61-43(3,4)5)19-31(25-52)49-39(56)62-44(6,7)8)21-36(23-37)53-26-32(50-40(57)63-45(9,10)11)20-33(27-53)51-41(58)64-46(12,13)14;2*1-2/h15-18,21-23,28,30-33H,19-20,24-27,47H2,1-14H3,(H,48,55)(H,49,56)(H,50,57)(H,51,58);2*1-2H3. The largest absolute Gasteiger partial charge is 0.446 e. The molecule has 18 nitrogen and oxygen atoms in total. The van der Waals surface area contributed by atoms with Crippen molar-refractivity contribution in [2.24, 2.45) is 0 Å².